The molecule has 1 heterocycles. The lowest BCUT2D eigenvalue weighted by Crippen LogP contribution is -2.10. The van der Waals surface area contributed by atoms with Crippen molar-refractivity contribution in [3.8, 4) is 0 Å². The van der Waals surface area contributed by atoms with E-state index in [0.717, 1.165) is 5.69 Å². The maximum absolute atomic E-state index is 11.0. The summed E-state index contributed by atoms with van der Waals surface area (Å²) in [7, 11) is 0. The minimum absolute atomic E-state index is 0.0282. The van der Waals surface area contributed by atoms with Crippen molar-refractivity contribution in [3.05, 3.63) is 52.7 Å². The molecule has 0 saturated carbocycles. The Morgan fingerprint density at radius 1 is 1.24 bits per heavy atom. The van der Waals surface area contributed by atoms with Crippen molar-refractivity contribution in [2.75, 3.05) is 5.32 Å². The van der Waals surface area contributed by atoms with Gasteiger partial charge in [-0.15, -0.1) is 0 Å². The molecule has 0 saturated heterocycles. The number of hydrogen-bond donors (Lipinski definition) is 2. The molecule has 0 amide bonds. The molecule has 2 N–H and O–H groups in total. The second kappa shape index (κ2) is 5.74. The van der Waals surface area contributed by atoms with Gasteiger partial charge in [-0.2, -0.15) is 0 Å². The average Bonchev–Trinajstić information content (AvgIpc) is 2.40. The number of carboxylic acids is 1. The van der Waals surface area contributed by atoms with Gasteiger partial charge in [-0.3, -0.25) is 0 Å². The molecule has 0 fully saturated rings. The van der Waals surface area contributed by atoms with Gasteiger partial charge in [0.2, 0.25) is 0 Å². The van der Waals surface area contributed by atoms with Gasteiger partial charge in [0.15, 0.2) is 0 Å². The molecule has 0 radical (unpaired) electrons. The molecule has 2 aromatic rings. The number of halogens is 1. The number of carbonyl (C=O) groups is 1. The fourth-order valence-corrected chi connectivity index (χ4v) is 2.06. The van der Waals surface area contributed by atoms with E-state index >= 15 is 0 Å². The van der Waals surface area contributed by atoms with Crippen LogP contribution in [0.15, 0.2) is 36.5 Å². The van der Waals surface area contributed by atoms with Crippen LogP contribution in [0, 0.1) is 0 Å². The Hall–Kier alpha value is -2.07. The third kappa shape index (κ3) is 3.73. The number of rotatable bonds is 3. The van der Waals surface area contributed by atoms with Crippen molar-refractivity contribution >= 4 is 29.1 Å². The Bertz CT molecular complexity index is 661. The molecule has 0 atom stereocenters. The van der Waals surface area contributed by atoms with Crippen molar-refractivity contribution < 1.29 is 9.90 Å². The van der Waals surface area contributed by atoms with Crippen LogP contribution in [0.2, 0.25) is 5.02 Å². The fraction of sp³-hybridized carbons (Fsp3) is 0.250. The Balaban J connectivity index is 2.22. The molecule has 0 aliphatic rings. The van der Waals surface area contributed by atoms with Gasteiger partial charge in [0.25, 0.3) is 0 Å². The predicted molar refractivity (Wildman–Crippen MR) is 84.6 cm³/mol. The van der Waals surface area contributed by atoms with E-state index < -0.39 is 5.97 Å². The molecule has 0 aliphatic heterocycles. The van der Waals surface area contributed by atoms with Crippen LogP contribution in [0.3, 0.4) is 0 Å². The molecule has 2 rings (SSSR count). The molecular formula is C16H17ClN2O2. The van der Waals surface area contributed by atoms with Crippen LogP contribution in [0.1, 0.15) is 36.7 Å². The second-order valence-corrected chi connectivity index (χ2v) is 6.21. The van der Waals surface area contributed by atoms with Gasteiger partial charge < -0.3 is 10.4 Å². The monoisotopic (exact) mass is 304 g/mol. The summed E-state index contributed by atoms with van der Waals surface area (Å²) in [6.45, 7) is 6.44. The van der Waals surface area contributed by atoms with E-state index in [4.69, 9.17) is 16.7 Å². The van der Waals surface area contributed by atoms with Gasteiger partial charge in [0.05, 0.1) is 10.6 Å². The second-order valence-electron chi connectivity index (χ2n) is 5.81. The zero-order valence-corrected chi connectivity index (χ0v) is 12.9. The number of pyridine rings is 1. The largest absolute Gasteiger partial charge is 0.478 e. The first-order valence-corrected chi connectivity index (χ1v) is 6.91. The lowest BCUT2D eigenvalue weighted by atomic mass is 9.87. The topological polar surface area (TPSA) is 62.2 Å². The lowest BCUT2D eigenvalue weighted by molar-refractivity contribution is 0.0697. The number of nitrogens with one attached hydrogen (secondary N) is 1. The van der Waals surface area contributed by atoms with Gasteiger partial charge in [-0.1, -0.05) is 44.5 Å². The van der Waals surface area contributed by atoms with E-state index in [0.29, 0.717) is 5.82 Å². The van der Waals surface area contributed by atoms with E-state index in [1.165, 1.54) is 17.8 Å². The Morgan fingerprint density at radius 2 is 1.86 bits per heavy atom. The van der Waals surface area contributed by atoms with Crippen LogP contribution in [0.25, 0.3) is 0 Å². The van der Waals surface area contributed by atoms with Gasteiger partial charge >= 0.3 is 5.97 Å². The summed E-state index contributed by atoms with van der Waals surface area (Å²) in [4.78, 5) is 15.1. The Kier molecular flexibility index (Phi) is 4.19. The number of nitrogens with zero attached hydrogens (tertiary/aromatic N) is 1. The smallest absolute Gasteiger partial charge is 0.337 e. The maximum atomic E-state index is 11.0. The highest BCUT2D eigenvalue weighted by Crippen LogP contribution is 2.25. The third-order valence-electron chi connectivity index (χ3n) is 3.11. The number of hydrogen-bond acceptors (Lipinski definition) is 3. The molecule has 0 bridgehead atoms. The van der Waals surface area contributed by atoms with Crippen molar-refractivity contribution in [1.82, 2.24) is 4.98 Å². The van der Waals surface area contributed by atoms with Crippen LogP contribution in [0.4, 0.5) is 11.5 Å². The predicted octanol–water partition coefficient (Wildman–Crippen LogP) is 4.47. The van der Waals surface area contributed by atoms with Crippen LogP contribution < -0.4 is 5.32 Å². The molecule has 110 valence electrons. The molecule has 4 nitrogen and oxygen atoms in total. The van der Waals surface area contributed by atoms with Crippen molar-refractivity contribution in [2.45, 2.75) is 26.2 Å². The number of carboxylic acid groups (broad SMARTS) is 1. The minimum atomic E-state index is -1.08. The summed E-state index contributed by atoms with van der Waals surface area (Å²) in [6, 6.07) is 9.38. The molecule has 0 aliphatic carbocycles. The van der Waals surface area contributed by atoms with Crippen molar-refractivity contribution in [3.63, 3.8) is 0 Å². The average molecular weight is 305 g/mol. The van der Waals surface area contributed by atoms with Gasteiger partial charge in [-0.05, 0) is 29.2 Å². The van der Waals surface area contributed by atoms with E-state index in [2.05, 4.69) is 31.1 Å². The number of aromatic nitrogens is 1. The zero-order chi connectivity index (χ0) is 15.6. The first-order valence-electron chi connectivity index (χ1n) is 6.54. The number of aromatic carboxylic acids is 1. The molecular weight excluding hydrogens is 288 g/mol. The van der Waals surface area contributed by atoms with Crippen LogP contribution in [0.5, 0.6) is 0 Å². The summed E-state index contributed by atoms with van der Waals surface area (Å²) in [5.74, 6) is -0.631. The minimum Gasteiger partial charge on any atom is -0.478 e. The maximum Gasteiger partial charge on any atom is 0.337 e. The molecule has 0 unspecified atom stereocenters. The summed E-state index contributed by atoms with van der Waals surface area (Å²) in [5.41, 5.74) is 2.19. The highest BCUT2D eigenvalue weighted by molar-refractivity contribution is 6.33. The summed E-state index contributed by atoms with van der Waals surface area (Å²) >= 11 is 5.79. The molecule has 5 heteroatoms. The van der Waals surface area contributed by atoms with Crippen LogP contribution >= 0.6 is 11.6 Å². The van der Waals surface area contributed by atoms with Gasteiger partial charge in [-0.25, -0.2) is 9.78 Å². The summed E-state index contributed by atoms with van der Waals surface area (Å²) in [5, 5.41) is 12.2. The normalized spacial score (nSPS) is 11.2. The number of benzene rings is 1. The fourth-order valence-electron chi connectivity index (χ4n) is 1.87. The molecule has 1 aromatic heterocycles. The van der Waals surface area contributed by atoms with E-state index in [1.54, 1.807) is 0 Å². The summed E-state index contributed by atoms with van der Waals surface area (Å²) in [6.07, 6.45) is 1.33. The molecule has 0 spiro atoms. The first-order chi connectivity index (χ1) is 9.77. The lowest BCUT2D eigenvalue weighted by Gasteiger charge is -2.19. The van der Waals surface area contributed by atoms with E-state index in [1.807, 2.05) is 24.3 Å². The number of anilines is 2. The van der Waals surface area contributed by atoms with E-state index in [9.17, 15) is 4.79 Å². The van der Waals surface area contributed by atoms with Crippen molar-refractivity contribution in [1.29, 1.82) is 0 Å². The quantitative estimate of drug-likeness (QED) is 0.878. The van der Waals surface area contributed by atoms with E-state index in [-0.39, 0.29) is 16.0 Å². The van der Waals surface area contributed by atoms with Crippen LogP contribution in [-0.2, 0) is 5.41 Å². The van der Waals surface area contributed by atoms with Gasteiger partial charge in [0, 0.05) is 11.9 Å². The summed E-state index contributed by atoms with van der Waals surface area (Å²) < 4.78 is 0. The highest BCUT2D eigenvalue weighted by atomic mass is 35.5. The standard InChI is InChI=1S/C16H17ClN2O2/c1-16(2,3)10-4-6-11(7-5-10)19-14-8-12(15(20)21)13(17)9-18-14/h4-9H,1-3H3,(H,18,19)(H,20,21). The Morgan fingerprint density at radius 3 is 2.38 bits per heavy atom. The molecule has 21 heavy (non-hydrogen) atoms. The Labute approximate surface area is 128 Å². The third-order valence-corrected chi connectivity index (χ3v) is 3.41. The van der Waals surface area contributed by atoms with Gasteiger partial charge in [0.1, 0.15) is 5.82 Å². The SMILES string of the molecule is CC(C)(C)c1ccc(Nc2cc(C(=O)O)c(Cl)cn2)cc1. The zero-order valence-electron chi connectivity index (χ0n) is 12.1. The first kappa shape index (κ1) is 15.3. The molecule has 1 aromatic carbocycles. The van der Waals surface area contributed by atoms with Crippen molar-refractivity contribution in [2.24, 2.45) is 0 Å². The van der Waals surface area contributed by atoms with Crippen LogP contribution in [-0.4, -0.2) is 16.1 Å². The highest BCUT2D eigenvalue weighted by Gasteiger charge is 2.13.